The van der Waals surface area contributed by atoms with Crippen molar-refractivity contribution in [2.24, 2.45) is 0 Å². The molecule has 0 aliphatic carbocycles. The lowest BCUT2D eigenvalue weighted by molar-refractivity contribution is -0.122. The van der Waals surface area contributed by atoms with E-state index in [0.717, 1.165) is 16.3 Å². The highest BCUT2D eigenvalue weighted by atomic mass is 16.2. The van der Waals surface area contributed by atoms with Crippen LogP contribution in [0, 0.1) is 11.3 Å². The Morgan fingerprint density at radius 2 is 1.59 bits per heavy atom. The quantitative estimate of drug-likeness (QED) is 0.666. The molecule has 1 atom stereocenters. The number of nitrogens with zero attached hydrogens (tertiary/aromatic N) is 1. The minimum absolute atomic E-state index is 0.0767. The van der Waals surface area contributed by atoms with Crippen molar-refractivity contribution in [3.05, 3.63) is 83.9 Å². The minimum Gasteiger partial charge on any atom is -0.351 e. The van der Waals surface area contributed by atoms with E-state index in [4.69, 9.17) is 5.26 Å². The monoisotopic (exact) mass is 357 g/mol. The number of fused-ring (bicyclic) bond motifs is 1. The Morgan fingerprint density at radius 3 is 2.37 bits per heavy atom. The third kappa shape index (κ3) is 4.31. The van der Waals surface area contributed by atoms with Crippen LogP contribution < -0.4 is 10.6 Å². The molecule has 3 rings (SSSR count). The van der Waals surface area contributed by atoms with Crippen molar-refractivity contribution >= 4 is 22.6 Å². The van der Waals surface area contributed by atoms with Gasteiger partial charge in [0.05, 0.1) is 12.0 Å². The second-order valence-corrected chi connectivity index (χ2v) is 6.07. The van der Waals surface area contributed by atoms with Crippen molar-refractivity contribution in [1.82, 2.24) is 10.6 Å². The van der Waals surface area contributed by atoms with Crippen molar-refractivity contribution in [3.63, 3.8) is 0 Å². The lowest BCUT2D eigenvalue weighted by atomic mass is 9.92. The fraction of sp³-hybridized carbons (Fsp3) is 0.136. The molecule has 0 aliphatic rings. The van der Waals surface area contributed by atoms with Crippen LogP contribution in [0.25, 0.3) is 10.8 Å². The highest BCUT2D eigenvalue weighted by molar-refractivity contribution is 5.96. The maximum Gasteiger partial charge on any atom is 0.251 e. The van der Waals surface area contributed by atoms with E-state index in [2.05, 4.69) is 10.6 Å². The van der Waals surface area contributed by atoms with Gasteiger partial charge in [-0.2, -0.15) is 5.26 Å². The standard InChI is InChI=1S/C22H19N3O2/c23-13-14-24-22(27)20(15-25-21(26)17-8-2-1-3-9-17)19-12-6-10-16-7-4-5-11-18(16)19/h1-12,20H,14-15H2,(H,24,27)(H,25,26). The van der Waals surface area contributed by atoms with Crippen molar-refractivity contribution in [3.8, 4) is 6.07 Å². The van der Waals surface area contributed by atoms with Crippen LogP contribution in [0.3, 0.4) is 0 Å². The molecule has 0 heterocycles. The van der Waals surface area contributed by atoms with Crippen LogP contribution in [0.1, 0.15) is 21.8 Å². The molecule has 2 N–H and O–H groups in total. The largest absolute Gasteiger partial charge is 0.351 e. The van der Waals surface area contributed by atoms with Gasteiger partial charge in [0, 0.05) is 12.1 Å². The summed E-state index contributed by atoms with van der Waals surface area (Å²) in [6, 6.07) is 24.3. The summed E-state index contributed by atoms with van der Waals surface area (Å²) in [5.41, 5.74) is 1.35. The Hall–Kier alpha value is -3.65. The molecular formula is C22H19N3O2. The molecular weight excluding hydrogens is 338 g/mol. The summed E-state index contributed by atoms with van der Waals surface area (Å²) in [6.07, 6.45) is 0. The normalized spacial score (nSPS) is 11.4. The molecule has 5 heteroatoms. The van der Waals surface area contributed by atoms with E-state index < -0.39 is 5.92 Å². The van der Waals surface area contributed by atoms with Gasteiger partial charge in [-0.05, 0) is 28.5 Å². The zero-order valence-electron chi connectivity index (χ0n) is 14.7. The molecule has 0 spiro atoms. The topological polar surface area (TPSA) is 82.0 Å². The number of benzene rings is 3. The van der Waals surface area contributed by atoms with Crippen LogP contribution in [-0.4, -0.2) is 24.9 Å². The van der Waals surface area contributed by atoms with Crippen LogP contribution in [0.4, 0.5) is 0 Å². The van der Waals surface area contributed by atoms with Gasteiger partial charge in [-0.25, -0.2) is 0 Å². The van der Waals surface area contributed by atoms with Gasteiger partial charge in [0.15, 0.2) is 0 Å². The number of hydrogen-bond acceptors (Lipinski definition) is 3. The Kier molecular flexibility index (Phi) is 5.80. The summed E-state index contributed by atoms with van der Waals surface area (Å²) in [7, 11) is 0. The summed E-state index contributed by atoms with van der Waals surface area (Å²) in [5.74, 6) is -1.13. The smallest absolute Gasteiger partial charge is 0.251 e. The first-order valence-corrected chi connectivity index (χ1v) is 8.66. The van der Waals surface area contributed by atoms with Crippen molar-refractivity contribution in [1.29, 1.82) is 5.26 Å². The van der Waals surface area contributed by atoms with Crippen molar-refractivity contribution in [2.75, 3.05) is 13.1 Å². The number of hydrogen-bond donors (Lipinski definition) is 2. The molecule has 0 saturated heterocycles. The zero-order valence-corrected chi connectivity index (χ0v) is 14.7. The van der Waals surface area contributed by atoms with Gasteiger partial charge >= 0.3 is 0 Å². The zero-order chi connectivity index (χ0) is 19.1. The summed E-state index contributed by atoms with van der Waals surface area (Å²) in [6.45, 7) is 0.0612. The molecule has 0 aromatic heterocycles. The van der Waals surface area contributed by atoms with E-state index in [-0.39, 0.29) is 24.9 Å². The molecule has 1 unspecified atom stereocenters. The number of nitrogens with one attached hydrogen (secondary N) is 2. The van der Waals surface area contributed by atoms with Gasteiger partial charge in [-0.1, -0.05) is 60.7 Å². The molecule has 0 fully saturated rings. The fourth-order valence-electron chi connectivity index (χ4n) is 3.03. The maximum absolute atomic E-state index is 12.7. The van der Waals surface area contributed by atoms with Crippen LogP contribution in [0.5, 0.6) is 0 Å². The van der Waals surface area contributed by atoms with Crippen LogP contribution in [-0.2, 0) is 4.79 Å². The van der Waals surface area contributed by atoms with Gasteiger partial charge in [-0.15, -0.1) is 0 Å². The van der Waals surface area contributed by atoms with E-state index in [1.165, 1.54) is 0 Å². The van der Waals surface area contributed by atoms with Crippen LogP contribution in [0.2, 0.25) is 0 Å². The molecule has 5 nitrogen and oxygen atoms in total. The van der Waals surface area contributed by atoms with Crippen LogP contribution >= 0.6 is 0 Å². The average Bonchev–Trinajstić information content (AvgIpc) is 2.73. The molecule has 2 amide bonds. The Morgan fingerprint density at radius 1 is 0.889 bits per heavy atom. The molecule has 0 aliphatic heterocycles. The number of rotatable bonds is 6. The number of carbonyl (C=O) groups is 2. The van der Waals surface area contributed by atoms with Gasteiger partial charge in [-0.3, -0.25) is 9.59 Å². The SMILES string of the molecule is N#CCNC(=O)C(CNC(=O)c1ccccc1)c1cccc2ccccc12. The molecule has 0 radical (unpaired) electrons. The van der Waals surface area contributed by atoms with Gasteiger partial charge in [0.25, 0.3) is 5.91 Å². The number of amides is 2. The third-order valence-corrected chi connectivity index (χ3v) is 4.36. The first-order valence-electron chi connectivity index (χ1n) is 8.66. The summed E-state index contributed by atoms with van der Waals surface area (Å²) >= 11 is 0. The molecule has 134 valence electrons. The van der Waals surface area contributed by atoms with Crippen LogP contribution in [0.15, 0.2) is 72.8 Å². The molecule has 3 aromatic rings. The Labute approximate surface area is 157 Å². The highest BCUT2D eigenvalue weighted by Gasteiger charge is 2.23. The molecule has 0 bridgehead atoms. The number of carbonyl (C=O) groups excluding carboxylic acids is 2. The lowest BCUT2D eigenvalue weighted by Crippen LogP contribution is -2.37. The lowest BCUT2D eigenvalue weighted by Gasteiger charge is -2.19. The predicted octanol–water partition coefficient (Wildman–Crippen LogP) is 2.99. The highest BCUT2D eigenvalue weighted by Crippen LogP contribution is 2.26. The van der Waals surface area contributed by atoms with E-state index in [1.807, 2.05) is 54.6 Å². The van der Waals surface area contributed by atoms with Gasteiger partial charge in [0.2, 0.25) is 5.91 Å². The van der Waals surface area contributed by atoms with E-state index in [0.29, 0.717) is 5.56 Å². The summed E-state index contributed by atoms with van der Waals surface area (Å²) in [5, 5.41) is 16.2. The molecule has 3 aromatic carbocycles. The first kappa shape index (κ1) is 18.2. The summed E-state index contributed by atoms with van der Waals surface area (Å²) in [4.78, 5) is 25.1. The van der Waals surface area contributed by atoms with Crippen molar-refractivity contribution in [2.45, 2.75) is 5.92 Å². The van der Waals surface area contributed by atoms with E-state index in [9.17, 15) is 9.59 Å². The number of nitriles is 1. The molecule has 27 heavy (non-hydrogen) atoms. The Bertz CT molecular complexity index is 988. The predicted molar refractivity (Wildman–Crippen MR) is 104 cm³/mol. The second-order valence-electron chi connectivity index (χ2n) is 6.07. The Balaban J connectivity index is 1.88. The first-order chi connectivity index (χ1) is 13.2. The summed E-state index contributed by atoms with van der Waals surface area (Å²) < 4.78 is 0. The maximum atomic E-state index is 12.7. The fourth-order valence-corrected chi connectivity index (χ4v) is 3.03. The van der Waals surface area contributed by atoms with E-state index in [1.54, 1.807) is 24.3 Å². The second kappa shape index (κ2) is 8.63. The minimum atomic E-state index is -0.600. The van der Waals surface area contributed by atoms with E-state index >= 15 is 0 Å². The van der Waals surface area contributed by atoms with Crippen molar-refractivity contribution < 1.29 is 9.59 Å². The average molecular weight is 357 g/mol. The third-order valence-electron chi connectivity index (χ3n) is 4.36. The van der Waals surface area contributed by atoms with Gasteiger partial charge < -0.3 is 10.6 Å². The molecule has 0 saturated carbocycles. The van der Waals surface area contributed by atoms with Gasteiger partial charge in [0.1, 0.15) is 6.54 Å².